The van der Waals surface area contributed by atoms with Gasteiger partial charge in [-0.1, -0.05) is 56.6 Å². The van der Waals surface area contributed by atoms with Gasteiger partial charge in [0, 0.05) is 11.1 Å². The molecular weight excluding hydrogens is 354 g/mol. The highest BCUT2D eigenvalue weighted by atomic mass is 35.5. The van der Waals surface area contributed by atoms with Crippen LogP contribution in [0, 0.1) is 13.8 Å². The molecule has 0 aromatic heterocycles. The third-order valence-corrected chi connectivity index (χ3v) is 6.44. The van der Waals surface area contributed by atoms with E-state index in [0.29, 0.717) is 10.6 Å². The van der Waals surface area contributed by atoms with Gasteiger partial charge in [0.2, 0.25) is 10.0 Å². The van der Waals surface area contributed by atoms with Crippen LogP contribution in [0.1, 0.15) is 56.0 Å². The SMILES string of the molecule is Cc1cc(S(=O)(=O)NC(C)c2ccc(C(C)(C)C)cc2)c(C)cc1Cl. The minimum absolute atomic E-state index is 0.0687. The van der Waals surface area contributed by atoms with E-state index in [2.05, 4.69) is 37.6 Å². The van der Waals surface area contributed by atoms with Crippen molar-refractivity contribution < 1.29 is 8.42 Å². The Morgan fingerprint density at radius 1 is 1.00 bits per heavy atom. The quantitative estimate of drug-likeness (QED) is 0.784. The van der Waals surface area contributed by atoms with Gasteiger partial charge < -0.3 is 0 Å². The molecule has 0 fully saturated rings. The van der Waals surface area contributed by atoms with Crippen LogP contribution in [-0.2, 0) is 15.4 Å². The van der Waals surface area contributed by atoms with Crippen molar-refractivity contribution in [3.8, 4) is 0 Å². The maximum absolute atomic E-state index is 12.8. The first-order valence-electron chi connectivity index (χ1n) is 8.31. The van der Waals surface area contributed by atoms with E-state index >= 15 is 0 Å². The van der Waals surface area contributed by atoms with E-state index in [1.54, 1.807) is 26.0 Å². The average Bonchev–Trinajstić information content (AvgIpc) is 2.49. The molecule has 0 heterocycles. The largest absolute Gasteiger partial charge is 0.241 e. The van der Waals surface area contributed by atoms with Gasteiger partial charge in [-0.05, 0) is 60.6 Å². The van der Waals surface area contributed by atoms with E-state index in [1.807, 2.05) is 19.1 Å². The van der Waals surface area contributed by atoms with Gasteiger partial charge in [0.25, 0.3) is 0 Å². The van der Waals surface area contributed by atoms with E-state index in [-0.39, 0.29) is 16.4 Å². The van der Waals surface area contributed by atoms with Crippen LogP contribution in [0.5, 0.6) is 0 Å². The van der Waals surface area contributed by atoms with Gasteiger partial charge in [0.05, 0.1) is 4.90 Å². The minimum atomic E-state index is -3.62. The molecule has 0 radical (unpaired) electrons. The lowest BCUT2D eigenvalue weighted by atomic mass is 9.86. The fourth-order valence-electron chi connectivity index (χ4n) is 2.68. The summed E-state index contributed by atoms with van der Waals surface area (Å²) in [5, 5.41) is 0.572. The number of hydrogen-bond donors (Lipinski definition) is 1. The Hall–Kier alpha value is -1.36. The predicted octanol–water partition coefficient (Wildman–Crippen LogP) is 5.29. The zero-order valence-corrected chi connectivity index (χ0v) is 17.2. The number of hydrogen-bond acceptors (Lipinski definition) is 2. The molecule has 0 aliphatic carbocycles. The molecule has 0 aliphatic rings. The van der Waals surface area contributed by atoms with Crippen molar-refractivity contribution >= 4 is 21.6 Å². The summed E-state index contributed by atoms with van der Waals surface area (Å²) in [4.78, 5) is 0.271. The van der Waals surface area contributed by atoms with Crippen LogP contribution in [0.4, 0.5) is 0 Å². The van der Waals surface area contributed by atoms with Gasteiger partial charge in [-0.2, -0.15) is 0 Å². The Balaban J connectivity index is 2.27. The second kappa shape index (κ2) is 7.10. The molecule has 2 aromatic carbocycles. The van der Waals surface area contributed by atoms with E-state index in [1.165, 1.54) is 5.56 Å². The summed E-state index contributed by atoms with van der Waals surface area (Å²) in [6.45, 7) is 11.9. The van der Waals surface area contributed by atoms with Crippen molar-refractivity contribution in [3.05, 3.63) is 63.7 Å². The molecule has 0 spiro atoms. The van der Waals surface area contributed by atoms with Gasteiger partial charge >= 0.3 is 0 Å². The highest BCUT2D eigenvalue weighted by Gasteiger charge is 2.22. The highest BCUT2D eigenvalue weighted by Crippen LogP contribution is 2.27. The van der Waals surface area contributed by atoms with Gasteiger partial charge in [-0.25, -0.2) is 13.1 Å². The fraction of sp³-hybridized carbons (Fsp3) is 0.400. The third-order valence-electron chi connectivity index (χ3n) is 4.35. The van der Waals surface area contributed by atoms with Crippen LogP contribution in [0.15, 0.2) is 41.3 Å². The lowest BCUT2D eigenvalue weighted by Gasteiger charge is -2.21. The van der Waals surface area contributed by atoms with Crippen molar-refractivity contribution in [3.63, 3.8) is 0 Å². The molecule has 136 valence electrons. The van der Waals surface area contributed by atoms with Crippen molar-refractivity contribution in [2.75, 3.05) is 0 Å². The Bertz CT molecular complexity index is 866. The van der Waals surface area contributed by atoms with Gasteiger partial charge in [0.15, 0.2) is 0 Å². The molecular formula is C20H26ClNO2S. The molecule has 5 heteroatoms. The van der Waals surface area contributed by atoms with Crippen molar-refractivity contribution in [1.82, 2.24) is 4.72 Å². The first-order valence-corrected chi connectivity index (χ1v) is 10.2. The normalized spacial score (nSPS) is 13.7. The first kappa shape index (κ1) is 20.0. The summed E-state index contributed by atoms with van der Waals surface area (Å²) >= 11 is 6.07. The van der Waals surface area contributed by atoms with Crippen LogP contribution in [-0.4, -0.2) is 8.42 Å². The lowest BCUT2D eigenvalue weighted by Crippen LogP contribution is -2.27. The van der Waals surface area contributed by atoms with Crippen LogP contribution >= 0.6 is 11.6 Å². The lowest BCUT2D eigenvalue weighted by molar-refractivity contribution is 0.565. The summed E-state index contributed by atoms with van der Waals surface area (Å²) < 4.78 is 28.3. The van der Waals surface area contributed by atoms with Crippen LogP contribution in [0.3, 0.4) is 0 Å². The summed E-state index contributed by atoms with van der Waals surface area (Å²) in [6.07, 6.45) is 0. The van der Waals surface area contributed by atoms with Crippen molar-refractivity contribution in [1.29, 1.82) is 0 Å². The topological polar surface area (TPSA) is 46.2 Å². The number of halogens is 1. The maximum Gasteiger partial charge on any atom is 0.241 e. The van der Waals surface area contributed by atoms with Crippen molar-refractivity contribution in [2.24, 2.45) is 0 Å². The molecule has 2 rings (SSSR count). The summed E-state index contributed by atoms with van der Waals surface area (Å²) in [7, 11) is -3.62. The smallest absolute Gasteiger partial charge is 0.207 e. The molecule has 0 saturated carbocycles. The Kier molecular flexibility index (Phi) is 5.67. The highest BCUT2D eigenvalue weighted by molar-refractivity contribution is 7.89. The molecule has 1 unspecified atom stereocenters. The number of aryl methyl sites for hydroxylation is 2. The predicted molar refractivity (Wildman–Crippen MR) is 105 cm³/mol. The van der Waals surface area contributed by atoms with Crippen LogP contribution in [0.25, 0.3) is 0 Å². The molecule has 0 saturated heterocycles. The van der Waals surface area contributed by atoms with E-state index in [0.717, 1.165) is 11.1 Å². The Labute approximate surface area is 156 Å². The molecule has 3 nitrogen and oxygen atoms in total. The standard InChI is InChI=1S/C20H26ClNO2S/c1-13-12-19(14(2)11-18(13)21)25(23,24)22-15(3)16-7-9-17(10-8-16)20(4,5)6/h7-12,15,22H,1-6H3. The van der Waals surface area contributed by atoms with Gasteiger partial charge in [-0.15, -0.1) is 0 Å². The monoisotopic (exact) mass is 379 g/mol. The molecule has 25 heavy (non-hydrogen) atoms. The van der Waals surface area contributed by atoms with Crippen LogP contribution in [0.2, 0.25) is 5.02 Å². The number of benzene rings is 2. The summed E-state index contributed by atoms with van der Waals surface area (Å²) in [5.41, 5.74) is 3.60. The number of rotatable bonds is 4. The molecule has 0 bridgehead atoms. The first-order chi connectivity index (χ1) is 11.4. The zero-order chi connectivity index (χ0) is 19.0. The average molecular weight is 380 g/mol. The molecule has 0 amide bonds. The molecule has 0 aliphatic heterocycles. The molecule has 1 atom stereocenters. The third kappa shape index (κ3) is 4.63. The second-order valence-electron chi connectivity index (χ2n) is 7.58. The summed E-state index contributed by atoms with van der Waals surface area (Å²) in [5.74, 6) is 0. The molecule has 2 aromatic rings. The minimum Gasteiger partial charge on any atom is -0.207 e. The fourth-order valence-corrected chi connectivity index (χ4v) is 4.44. The Morgan fingerprint density at radius 2 is 1.56 bits per heavy atom. The molecule has 1 N–H and O–H groups in total. The van der Waals surface area contributed by atoms with E-state index < -0.39 is 10.0 Å². The zero-order valence-electron chi connectivity index (χ0n) is 15.6. The van der Waals surface area contributed by atoms with Gasteiger partial charge in [0.1, 0.15) is 0 Å². The van der Waals surface area contributed by atoms with Crippen molar-refractivity contribution in [2.45, 2.75) is 57.9 Å². The second-order valence-corrected chi connectivity index (χ2v) is 9.67. The maximum atomic E-state index is 12.8. The van der Waals surface area contributed by atoms with E-state index in [9.17, 15) is 8.42 Å². The van der Waals surface area contributed by atoms with Gasteiger partial charge in [-0.3, -0.25) is 0 Å². The Morgan fingerprint density at radius 3 is 2.08 bits per heavy atom. The summed E-state index contributed by atoms with van der Waals surface area (Å²) in [6, 6.07) is 11.1. The van der Waals surface area contributed by atoms with E-state index in [4.69, 9.17) is 11.6 Å². The number of nitrogens with one attached hydrogen (secondary N) is 1. The van der Waals surface area contributed by atoms with Crippen LogP contribution < -0.4 is 4.72 Å². The number of sulfonamides is 1.